The van der Waals surface area contributed by atoms with Crippen molar-refractivity contribution >= 4 is 23.5 Å². The zero-order valence-electron chi connectivity index (χ0n) is 12.1. The average Bonchev–Trinajstić information content (AvgIpc) is 2.42. The molecule has 1 aliphatic carbocycles. The van der Waals surface area contributed by atoms with Crippen LogP contribution in [0.15, 0.2) is 4.79 Å². The Morgan fingerprint density at radius 3 is 2.71 bits per heavy atom. The van der Waals surface area contributed by atoms with E-state index in [0.29, 0.717) is 17.5 Å². The molecule has 6 nitrogen and oxygen atoms in total. The third-order valence-electron chi connectivity index (χ3n) is 4.12. The highest BCUT2D eigenvalue weighted by Crippen LogP contribution is 2.17. The highest BCUT2D eigenvalue weighted by Gasteiger charge is 2.30. The zero-order valence-corrected chi connectivity index (χ0v) is 12.1. The molecule has 0 radical (unpaired) electrons. The number of piperidine rings is 1. The number of carbonyl (C=O) groups excluding carboxylic acids is 2. The number of nitrogens with one attached hydrogen (secondary N) is 1. The molecule has 6 heteroatoms. The normalized spacial score (nSPS) is 21.6. The van der Waals surface area contributed by atoms with Gasteiger partial charge in [0.25, 0.3) is 5.56 Å². The van der Waals surface area contributed by atoms with Crippen LogP contribution in [0.3, 0.4) is 0 Å². The lowest BCUT2D eigenvalue weighted by atomic mass is 10.0. The fourth-order valence-electron chi connectivity index (χ4n) is 3.01. The third kappa shape index (κ3) is 2.20. The van der Waals surface area contributed by atoms with Crippen molar-refractivity contribution in [3.05, 3.63) is 26.7 Å². The van der Waals surface area contributed by atoms with Crippen LogP contribution in [0.4, 0.5) is 0 Å². The summed E-state index contributed by atoms with van der Waals surface area (Å²) >= 11 is 0. The Balaban J connectivity index is 2.22. The number of imide groups is 1. The Labute approximate surface area is 121 Å². The van der Waals surface area contributed by atoms with Crippen molar-refractivity contribution in [3.63, 3.8) is 0 Å². The highest BCUT2D eigenvalue weighted by molar-refractivity contribution is 5.99. The molecule has 3 rings (SSSR count). The second-order valence-corrected chi connectivity index (χ2v) is 5.59. The molecule has 1 aliphatic heterocycles. The molecule has 1 aromatic rings. The van der Waals surface area contributed by atoms with Gasteiger partial charge in [0.15, 0.2) is 0 Å². The molecule has 1 aromatic heterocycles. The number of fused-ring (bicyclic) bond motifs is 1. The summed E-state index contributed by atoms with van der Waals surface area (Å²) in [5, 5.41) is 3.61. The molecule has 1 saturated heterocycles. The number of amides is 2. The lowest BCUT2D eigenvalue weighted by Crippen LogP contribution is -2.53. The smallest absolute Gasteiger partial charge is 0.261 e. The van der Waals surface area contributed by atoms with Gasteiger partial charge in [-0.2, -0.15) is 0 Å². The first-order valence-corrected chi connectivity index (χ1v) is 7.12. The Morgan fingerprint density at radius 1 is 1.24 bits per heavy atom. The zero-order chi connectivity index (χ0) is 15.1. The molecule has 0 aromatic carbocycles. The maximum atomic E-state index is 12.7. The van der Waals surface area contributed by atoms with Crippen LogP contribution in [0.5, 0.6) is 0 Å². The van der Waals surface area contributed by atoms with Crippen molar-refractivity contribution in [2.75, 3.05) is 0 Å². The summed E-state index contributed by atoms with van der Waals surface area (Å²) < 4.78 is 1.43. The average molecular weight is 287 g/mol. The minimum atomic E-state index is -0.649. The molecule has 2 aliphatic rings. The Hall–Kier alpha value is -2.24. The van der Waals surface area contributed by atoms with Crippen molar-refractivity contribution in [2.24, 2.45) is 0 Å². The van der Waals surface area contributed by atoms with E-state index in [9.17, 15) is 14.4 Å². The second-order valence-electron chi connectivity index (χ2n) is 5.59. The summed E-state index contributed by atoms with van der Waals surface area (Å²) in [4.78, 5) is 40.5. The summed E-state index contributed by atoms with van der Waals surface area (Å²) in [5.41, 5.74) is 0.911. The minimum absolute atomic E-state index is 0.189. The van der Waals surface area contributed by atoms with Crippen LogP contribution in [0, 0.1) is 6.92 Å². The second kappa shape index (κ2) is 4.95. The largest absolute Gasteiger partial charge is 0.295 e. The van der Waals surface area contributed by atoms with E-state index in [2.05, 4.69) is 10.3 Å². The van der Waals surface area contributed by atoms with Crippen LogP contribution in [-0.4, -0.2) is 21.4 Å². The van der Waals surface area contributed by atoms with Crippen molar-refractivity contribution < 1.29 is 9.59 Å². The van der Waals surface area contributed by atoms with E-state index in [1.807, 2.05) is 13.0 Å². The lowest BCUT2D eigenvalue weighted by molar-refractivity contribution is -0.135. The van der Waals surface area contributed by atoms with Crippen molar-refractivity contribution in [1.29, 1.82) is 0 Å². The molecule has 1 unspecified atom stereocenters. The summed E-state index contributed by atoms with van der Waals surface area (Å²) in [6.07, 6.45) is 4.19. The molecular weight excluding hydrogens is 270 g/mol. The molecule has 0 saturated carbocycles. The van der Waals surface area contributed by atoms with Gasteiger partial charge in [-0.05, 0) is 38.7 Å². The number of rotatable bonds is 1. The van der Waals surface area contributed by atoms with Crippen LogP contribution in [-0.2, 0) is 9.59 Å². The molecule has 1 fully saturated rings. The SMILES string of the molecule is CC1=c2nc(C)n(C3CCC(=O)NC3=O)c(=O)c2=CCC1. The first-order valence-electron chi connectivity index (χ1n) is 7.12. The summed E-state index contributed by atoms with van der Waals surface area (Å²) in [6, 6.07) is -0.649. The van der Waals surface area contributed by atoms with Crippen LogP contribution in [0.2, 0.25) is 0 Å². The standard InChI is InChI=1S/C15H17N3O3/c1-8-4-3-5-10-13(8)16-9(2)18(15(10)21)11-6-7-12(19)17-14(11)20/h5,11H,3-4,6-7H2,1-2H3,(H,17,19,20). The van der Waals surface area contributed by atoms with Gasteiger partial charge in [-0.15, -0.1) is 0 Å². The van der Waals surface area contributed by atoms with E-state index in [-0.39, 0.29) is 17.9 Å². The van der Waals surface area contributed by atoms with E-state index in [1.165, 1.54) is 4.57 Å². The summed E-state index contributed by atoms with van der Waals surface area (Å²) in [5.74, 6) is -0.193. The molecule has 1 N–H and O–H groups in total. The van der Waals surface area contributed by atoms with Gasteiger partial charge >= 0.3 is 0 Å². The molecule has 21 heavy (non-hydrogen) atoms. The molecule has 0 spiro atoms. The van der Waals surface area contributed by atoms with E-state index < -0.39 is 11.9 Å². The Bertz CT molecular complexity index is 820. The predicted octanol–water partition coefficient (Wildman–Crippen LogP) is -0.726. The van der Waals surface area contributed by atoms with Gasteiger partial charge in [-0.3, -0.25) is 24.3 Å². The predicted molar refractivity (Wildman–Crippen MR) is 76.7 cm³/mol. The monoisotopic (exact) mass is 287 g/mol. The van der Waals surface area contributed by atoms with Gasteiger partial charge in [-0.1, -0.05) is 6.08 Å². The van der Waals surface area contributed by atoms with Gasteiger partial charge in [-0.25, -0.2) is 4.98 Å². The summed E-state index contributed by atoms with van der Waals surface area (Å²) in [6.45, 7) is 3.71. The Kier molecular flexibility index (Phi) is 3.23. The van der Waals surface area contributed by atoms with Crippen molar-refractivity contribution in [2.45, 2.75) is 45.6 Å². The van der Waals surface area contributed by atoms with Crippen LogP contribution in [0.25, 0.3) is 11.6 Å². The molecule has 1 atom stereocenters. The fraction of sp³-hybridized carbons (Fsp3) is 0.467. The van der Waals surface area contributed by atoms with Crippen LogP contribution >= 0.6 is 0 Å². The first kappa shape index (κ1) is 13.7. The maximum Gasteiger partial charge on any atom is 0.261 e. The minimum Gasteiger partial charge on any atom is -0.295 e. The molecule has 0 bridgehead atoms. The van der Waals surface area contributed by atoms with Gasteiger partial charge in [0.05, 0.1) is 10.6 Å². The maximum absolute atomic E-state index is 12.7. The van der Waals surface area contributed by atoms with E-state index in [0.717, 1.165) is 23.8 Å². The number of aryl methyl sites for hydroxylation is 1. The number of hydrogen-bond acceptors (Lipinski definition) is 4. The quantitative estimate of drug-likeness (QED) is 0.691. The van der Waals surface area contributed by atoms with E-state index >= 15 is 0 Å². The Morgan fingerprint density at radius 2 is 2.00 bits per heavy atom. The fourth-order valence-corrected chi connectivity index (χ4v) is 3.01. The van der Waals surface area contributed by atoms with Gasteiger partial charge in [0.1, 0.15) is 11.9 Å². The molecular formula is C15H17N3O3. The summed E-state index contributed by atoms with van der Waals surface area (Å²) in [7, 11) is 0. The van der Waals surface area contributed by atoms with E-state index in [1.54, 1.807) is 6.92 Å². The number of aromatic nitrogens is 2. The topological polar surface area (TPSA) is 81.1 Å². The molecule has 2 heterocycles. The number of carbonyl (C=O) groups is 2. The van der Waals surface area contributed by atoms with Crippen molar-refractivity contribution in [3.8, 4) is 0 Å². The lowest BCUT2D eigenvalue weighted by Gasteiger charge is -2.24. The van der Waals surface area contributed by atoms with Crippen LogP contribution < -0.4 is 21.4 Å². The van der Waals surface area contributed by atoms with E-state index in [4.69, 9.17) is 0 Å². The third-order valence-corrected chi connectivity index (χ3v) is 4.12. The van der Waals surface area contributed by atoms with Crippen LogP contribution in [0.1, 0.15) is 44.5 Å². The number of hydrogen-bond donors (Lipinski definition) is 1. The highest BCUT2D eigenvalue weighted by atomic mass is 16.2. The van der Waals surface area contributed by atoms with Gasteiger partial charge in [0.2, 0.25) is 11.8 Å². The van der Waals surface area contributed by atoms with Gasteiger partial charge < -0.3 is 0 Å². The van der Waals surface area contributed by atoms with Crippen molar-refractivity contribution in [1.82, 2.24) is 14.9 Å². The van der Waals surface area contributed by atoms with Gasteiger partial charge in [0, 0.05) is 6.42 Å². The number of nitrogens with zero attached hydrogens (tertiary/aromatic N) is 2. The molecule has 2 amide bonds. The molecule has 110 valence electrons. The first-order chi connectivity index (χ1) is 9.99.